The number of rotatable bonds is 6. The molecule has 0 bridgehead atoms. The van der Waals surface area contributed by atoms with E-state index in [1.807, 2.05) is 0 Å². The summed E-state index contributed by atoms with van der Waals surface area (Å²) < 4.78 is 5.21. The number of methoxy groups -OCH3 is 1. The molecule has 1 aliphatic rings. The smallest absolute Gasteiger partial charge is 0.0700 e. The molecule has 0 aromatic heterocycles. The van der Waals surface area contributed by atoms with Crippen molar-refractivity contribution in [2.45, 2.75) is 52.7 Å². The molecule has 3 nitrogen and oxygen atoms in total. The fraction of sp³-hybridized carbons (Fsp3) is 1.00. The lowest BCUT2D eigenvalue weighted by Crippen LogP contribution is -2.53. The van der Waals surface area contributed by atoms with Gasteiger partial charge in [-0.05, 0) is 30.6 Å². The van der Waals surface area contributed by atoms with Crippen molar-refractivity contribution in [3.8, 4) is 0 Å². The number of hydrogen-bond acceptors (Lipinski definition) is 3. The van der Waals surface area contributed by atoms with Crippen molar-refractivity contribution in [1.82, 2.24) is 4.90 Å². The average molecular weight is 257 g/mol. The summed E-state index contributed by atoms with van der Waals surface area (Å²) in [5.74, 6) is 1.84. The molecular formula is C15H31NO2. The molecule has 1 rings (SSSR count). The van der Waals surface area contributed by atoms with E-state index in [0.717, 1.165) is 26.1 Å². The number of aliphatic hydroxyl groups excluding tert-OH is 1. The fourth-order valence-electron chi connectivity index (χ4n) is 3.44. The fourth-order valence-corrected chi connectivity index (χ4v) is 3.44. The monoisotopic (exact) mass is 257 g/mol. The van der Waals surface area contributed by atoms with Gasteiger partial charge in [-0.2, -0.15) is 0 Å². The maximum Gasteiger partial charge on any atom is 0.0700 e. The summed E-state index contributed by atoms with van der Waals surface area (Å²) in [5, 5.41) is 10.4. The quantitative estimate of drug-likeness (QED) is 0.793. The number of hydrogen-bond donors (Lipinski definition) is 1. The van der Waals surface area contributed by atoms with E-state index in [-0.39, 0.29) is 6.10 Å². The Morgan fingerprint density at radius 2 is 1.94 bits per heavy atom. The van der Waals surface area contributed by atoms with E-state index in [4.69, 9.17) is 4.74 Å². The summed E-state index contributed by atoms with van der Waals surface area (Å²) in [6.45, 7) is 11.7. The van der Waals surface area contributed by atoms with Crippen LogP contribution in [0.15, 0.2) is 0 Å². The van der Waals surface area contributed by atoms with Crippen molar-refractivity contribution >= 4 is 0 Å². The first-order valence-electron chi connectivity index (χ1n) is 7.36. The Morgan fingerprint density at radius 3 is 2.44 bits per heavy atom. The summed E-state index contributed by atoms with van der Waals surface area (Å²) in [7, 11) is 1.75. The summed E-state index contributed by atoms with van der Waals surface area (Å²) >= 11 is 0. The second kappa shape index (κ2) is 7.46. The van der Waals surface area contributed by atoms with Gasteiger partial charge in [-0.1, -0.05) is 27.7 Å². The molecule has 1 saturated carbocycles. The van der Waals surface area contributed by atoms with E-state index in [0.29, 0.717) is 23.8 Å². The van der Waals surface area contributed by atoms with Crippen LogP contribution in [0.25, 0.3) is 0 Å². The summed E-state index contributed by atoms with van der Waals surface area (Å²) in [6, 6.07) is 0.304. The highest BCUT2D eigenvalue weighted by molar-refractivity contribution is 4.90. The van der Waals surface area contributed by atoms with Gasteiger partial charge in [-0.3, -0.25) is 4.90 Å². The topological polar surface area (TPSA) is 32.7 Å². The van der Waals surface area contributed by atoms with Crippen LogP contribution in [0.4, 0.5) is 0 Å². The predicted octanol–water partition coefficient (Wildman–Crippen LogP) is 2.39. The van der Waals surface area contributed by atoms with E-state index in [1.54, 1.807) is 7.11 Å². The van der Waals surface area contributed by atoms with Gasteiger partial charge in [0.1, 0.15) is 0 Å². The van der Waals surface area contributed by atoms with Gasteiger partial charge in [-0.25, -0.2) is 0 Å². The van der Waals surface area contributed by atoms with E-state index < -0.39 is 0 Å². The van der Waals surface area contributed by atoms with Crippen LogP contribution in [0.5, 0.6) is 0 Å². The zero-order chi connectivity index (χ0) is 13.7. The molecule has 0 saturated heterocycles. The lowest BCUT2D eigenvalue weighted by atomic mass is 9.77. The van der Waals surface area contributed by atoms with Gasteiger partial charge >= 0.3 is 0 Å². The maximum atomic E-state index is 10.4. The molecule has 4 unspecified atom stereocenters. The van der Waals surface area contributed by atoms with Gasteiger partial charge in [0.25, 0.3) is 0 Å². The third-order valence-electron chi connectivity index (χ3n) is 4.00. The van der Waals surface area contributed by atoms with Crippen LogP contribution in [0.2, 0.25) is 0 Å². The van der Waals surface area contributed by atoms with Crippen molar-refractivity contribution < 1.29 is 9.84 Å². The van der Waals surface area contributed by atoms with Crippen molar-refractivity contribution in [2.24, 2.45) is 17.8 Å². The molecule has 0 heterocycles. The van der Waals surface area contributed by atoms with Crippen molar-refractivity contribution in [1.29, 1.82) is 0 Å². The number of nitrogens with zero attached hydrogens (tertiary/aromatic N) is 1. The van der Waals surface area contributed by atoms with Gasteiger partial charge in [0.2, 0.25) is 0 Å². The highest BCUT2D eigenvalue weighted by Gasteiger charge is 2.36. The van der Waals surface area contributed by atoms with Gasteiger partial charge in [0.15, 0.2) is 0 Å². The van der Waals surface area contributed by atoms with Gasteiger partial charge < -0.3 is 9.84 Å². The van der Waals surface area contributed by atoms with E-state index >= 15 is 0 Å². The molecule has 0 radical (unpaired) electrons. The molecule has 0 aromatic rings. The molecule has 18 heavy (non-hydrogen) atoms. The lowest BCUT2D eigenvalue weighted by Gasteiger charge is -2.44. The van der Waals surface area contributed by atoms with Crippen LogP contribution < -0.4 is 0 Å². The first-order valence-corrected chi connectivity index (χ1v) is 7.36. The molecule has 0 aromatic carbocycles. The summed E-state index contributed by atoms with van der Waals surface area (Å²) in [4.78, 5) is 2.44. The van der Waals surface area contributed by atoms with E-state index in [9.17, 15) is 5.11 Å². The Balaban J connectivity index is 2.68. The van der Waals surface area contributed by atoms with Gasteiger partial charge in [0.05, 0.1) is 12.7 Å². The predicted molar refractivity (Wildman–Crippen MR) is 75.6 cm³/mol. The molecular weight excluding hydrogens is 226 g/mol. The van der Waals surface area contributed by atoms with Crippen LogP contribution >= 0.6 is 0 Å². The first-order chi connectivity index (χ1) is 8.45. The van der Waals surface area contributed by atoms with Crippen molar-refractivity contribution in [2.75, 3.05) is 26.8 Å². The maximum absolute atomic E-state index is 10.4. The van der Waals surface area contributed by atoms with E-state index in [2.05, 4.69) is 32.6 Å². The normalized spacial score (nSPS) is 33.3. The zero-order valence-corrected chi connectivity index (χ0v) is 12.7. The van der Waals surface area contributed by atoms with Crippen molar-refractivity contribution in [3.05, 3.63) is 0 Å². The largest absolute Gasteiger partial charge is 0.391 e. The summed E-state index contributed by atoms with van der Waals surface area (Å²) in [6.07, 6.45) is 1.99. The van der Waals surface area contributed by atoms with Gasteiger partial charge in [-0.15, -0.1) is 0 Å². The molecule has 0 amide bonds. The van der Waals surface area contributed by atoms with Crippen LogP contribution in [0.1, 0.15) is 40.5 Å². The summed E-state index contributed by atoms with van der Waals surface area (Å²) in [5.41, 5.74) is 0. The Bertz CT molecular complexity index is 221. The molecule has 108 valence electrons. The minimum absolute atomic E-state index is 0.181. The average Bonchev–Trinajstić information content (AvgIpc) is 2.23. The Labute approximate surface area is 113 Å². The highest BCUT2D eigenvalue weighted by Crippen LogP contribution is 2.32. The molecule has 1 aliphatic carbocycles. The highest BCUT2D eigenvalue weighted by atomic mass is 16.5. The Hall–Kier alpha value is -0.120. The minimum Gasteiger partial charge on any atom is -0.391 e. The standard InChI is InChI=1S/C15H31NO2/c1-11(2)10-16(6-7-18-5)15-13(4)8-12(3)9-14(15)17/h11-15,17H,6-10H2,1-5H3. The molecule has 3 heteroatoms. The zero-order valence-electron chi connectivity index (χ0n) is 12.7. The Morgan fingerprint density at radius 1 is 1.28 bits per heavy atom. The molecule has 0 aliphatic heterocycles. The third-order valence-corrected chi connectivity index (χ3v) is 4.00. The van der Waals surface area contributed by atoms with Crippen LogP contribution in [-0.2, 0) is 4.74 Å². The molecule has 4 atom stereocenters. The third kappa shape index (κ3) is 4.52. The lowest BCUT2D eigenvalue weighted by molar-refractivity contribution is -0.0354. The van der Waals surface area contributed by atoms with Crippen LogP contribution in [0.3, 0.4) is 0 Å². The number of aliphatic hydroxyl groups is 1. The minimum atomic E-state index is -0.181. The molecule has 0 spiro atoms. The van der Waals surface area contributed by atoms with E-state index in [1.165, 1.54) is 6.42 Å². The number of ether oxygens (including phenoxy) is 1. The second-order valence-corrected chi connectivity index (χ2v) is 6.49. The first kappa shape index (κ1) is 15.9. The molecule has 1 N–H and O–H groups in total. The molecule has 1 fully saturated rings. The van der Waals surface area contributed by atoms with Crippen molar-refractivity contribution in [3.63, 3.8) is 0 Å². The van der Waals surface area contributed by atoms with Crippen LogP contribution in [-0.4, -0.2) is 49.0 Å². The second-order valence-electron chi connectivity index (χ2n) is 6.49. The van der Waals surface area contributed by atoms with Crippen LogP contribution in [0, 0.1) is 17.8 Å². The SMILES string of the molecule is COCCN(CC(C)C)C1C(C)CC(C)CC1O. The van der Waals surface area contributed by atoms with Gasteiger partial charge in [0, 0.05) is 26.2 Å². The Kier molecular flexibility index (Phi) is 6.61.